The molecular weight excluding hydrogens is 663 g/mol. The van der Waals surface area contributed by atoms with Crippen molar-refractivity contribution in [1.29, 1.82) is 0 Å². The summed E-state index contributed by atoms with van der Waals surface area (Å²) in [5, 5.41) is 5.98. The summed E-state index contributed by atoms with van der Waals surface area (Å²) in [5.74, 6) is -1.83. The van der Waals surface area contributed by atoms with Crippen LogP contribution in [0.2, 0.25) is 5.02 Å². The van der Waals surface area contributed by atoms with Crippen molar-refractivity contribution in [2.45, 2.75) is 89.9 Å². The first-order valence-corrected chi connectivity index (χ1v) is 18.2. The maximum atomic E-state index is 15.5. The van der Waals surface area contributed by atoms with Crippen LogP contribution in [0, 0.1) is 11.7 Å². The molecule has 3 amide bonds. The number of hydrogen-bond donors (Lipinski definition) is 2. The SMILES string of the molecule is COC(=O)N[C@H](C(=O)Nc1cccc(F)c1CC[C@H]1CN(C(=O)OC(C)(C)C)[C@@H]2CCCS(=O)(=O)N1C2)[C@@H](c1ccc(Cl)cc1)C(C)C. The molecule has 14 heteroatoms. The first-order valence-electron chi connectivity index (χ1n) is 16.2. The number of halogens is 2. The normalized spacial score (nSPS) is 21.9. The standard InChI is InChI=1S/C34H46ClFN4O7S/c1-21(2)29(22-12-14-23(35)15-13-22)30(38-32(42)46-6)31(41)37-28-11-7-10-27(36)26(28)17-16-25-19-39(33(43)47-34(3,4)5)24-9-8-18-48(44,45)40(25)20-24/h7,10-15,21,24-25,29-30H,8-9,16-20H2,1-6H3,(H,37,41)(H,38,42)/t24-,25+,29-,30+/m1/s1. The second-order valence-electron chi connectivity index (χ2n) is 13.7. The van der Waals surface area contributed by atoms with Crippen molar-refractivity contribution in [3.63, 3.8) is 0 Å². The fourth-order valence-corrected chi connectivity index (χ4v) is 8.43. The predicted octanol–water partition coefficient (Wildman–Crippen LogP) is 5.93. The zero-order valence-corrected chi connectivity index (χ0v) is 29.9. The van der Waals surface area contributed by atoms with Gasteiger partial charge in [-0.05, 0) is 82.2 Å². The first-order chi connectivity index (χ1) is 22.5. The Morgan fingerprint density at radius 1 is 1.08 bits per heavy atom. The number of rotatable bonds is 9. The van der Waals surface area contributed by atoms with Gasteiger partial charge in [0.05, 0.1) is 12.9 Å². The lowest BCUT2D eigenvalue weighted by molar-refractivity contribution is -0.118. The van der Waals surface area contributed by atoms with Crippen molar-refractivity contribution < 1.29 is 36.7 Å². The van der Waals surface area contributed by atoms with Gasteiger partial charge < -0.3 is 25.0 Å². The Kier molecular flexibility index (Phi) is 12.0. The van der Waals surface area contributed by atoms with E-state index in [0.29, 0.717) is 17.9 Å². The fraction of sp³-hybridized carbons (Fsp3) is 0.559. The van der Waals surface area contributed by atoms with E-state index in [-0.39, 0.29) is 54.9 Å². The number of nitrogens with one attached hydrogen (secondary N) is 2. The van der Waals surface area contributed by atoms with E-state index >= 15 is 4.39 Å². The zero-order valence-electron chi connectivity index (χ0n) is 28.3. The van der Waals surface area contributed by atoms with E-state index in [1.54, 1.807) is 56.0 Å². The van der Waals surface area contributed by atoms with Crippen LogP contribution in [-0.2, 0) is 30.7 Å². The molecule has 4 rings (SSSR count). The minimum atomic E-state index is -3.61. The summed E-state index contributed by atoms with van der Waals surface area (Å²) >= 11 is 6.10. The molecule has 0 saturated carbocycles. The van der Waals surface area contributed by atoms with Crippen LogP contribution in [0.3, 0.4) is 0 Å². The number of methoxy groups -OCH3 is 1. The largest absolute Gasteiger partial charge is 0.453 e. The molecule has 2 fully saturated rings. The minimum absolute atomic E-state index is 0.0393. The van der Waals surface area contributed by atoms with Crippen molar-refractivity contribution >= 4 is 45.4 Å². The quantitative estimate of drug-likeness (QED) is 0.330. The molecule has 2 aromatic carbocycles. The Bertz CT molecular complexity index is 1580. The lowest BCUT2D eigenvalue weighted by Gasteiger charge is -2.44. The maximum absolute atomic E-state index is 15.5. The van der Waals surface area contributed by atoms with Crippen LogP contribution in [-0.4, -0.2) is 85.4 Å². The van der Waals surface area contributed by atoms with E-state index < -0.39 is 57.5 Å². The van der Waals surface area contributed by atoms with Crippen molar-refractivity contribution in [3.8, 4) is 0 Å². The van der Waals surface area contributed by atoms with E-state index in [1.807, 2.05) is 13.8 Å². The van der Waals surface area contributed by atoms with E-state index in [4.69, 9.17) is 21.1 Å². The summed E-state index contributed by atoms with van der Waals surface area (Å²) in [7, 11) is -2.41. The average Bonchev–Trinajstić information content (AvgIpc) is 3.12. The number of anilines is 1. The van der Waals surface area contributed by atoms with E-state index in [0.717, 1.165) is 5.56 Å². The summed E-state index contributed by atoms with van der Waals surface area (Å²) < 4.78 is 54.0. The monoisotopic (exact) mass is 708 g/mol. The Labute approximate surface area is 287 Å². The zero-order chi connectivity index (χ0) is 35.4. The lowest BCUT2D eigenvalue weighted by Crippen LogP contribution is -2.60. The van der Waals surface area contributed by atoms with E-state index in [2.05, 4.69) is 10.6 Å². The smallest absolute Gasteiger partial charge is 0.410 e. The van der Waals surface area contributed by atoms with Gasteiger partial charge in [-0.25, -0.2) is 22.4 Å². The molecule has 2 saturated heterocycles. The molecule has 0 aromatic heterocycles. The summed E-state index contributed by atoms with van der Waals surface area (Å²) in [4.78, 5) is 41.2. The number of hydrogen-bond acceptors (Lipinski definition) is 7. The topological polar surface area (TPSA) is 134 Å². The maximum Gasteiger partial charge on any atom is 0.410 e. The highest BCUT2D eigenvalue weighted by Gasteiger charge is 2.44. The number of fused-ring (bicyclic) bond motifs is 2. The summed E-state index contributed by atoms with van der Waals surface area (Å²) in [6, 6.07) is 9.20. The lowest BCUT2D eigenvalue weighted by atomic mass is 9.82. The number of nitrogens with zero attached hydrogens (tertiary/aromatic N) is 2. The number of amides is 3. The van der Waals surface area contributed by atoms with Crippen LogP contribution in [0.25, 0.3) is 0 Å². The molecule has 0 radical (unpaired) electrons. The Hall–Kier alpha value is -3.42. The van der Waals surface area contributed by atoms with Crippen LogP contribution in [0.1, 0.15) is 70.9 Å². The van der Waals surface area contributed by atoms with E-state index in [9.17, 15) is 22.8 Å². The van der Waals surface area contributed by atoms with Gasteiger partial charge in [-0.2, -0.15) is 4.31 Å². The molecule has 1 unspecified atom stereocenters. The Balaban J connectivity index is 1.61. The van der Waals surface area contributed by atoms with Crippen molar-refractivity contribution in [2.75, 3.05) is 31.3 Å². The van der Waals surface area contributed by atoms with Gasteiger partial charge in [-0.3, -0.25) is 4.79 Å². The third kappa shape index (κ3) is 9.17. The molecule has 0 spiro atoms. The molecule has 2 aromatic rings. The molecule has 11 nitrogen and oxygen atoms in total. The van der Waals surface area contributed by atoms with Crippen molar-refractivity contribution in [2.24, 2.45) is 5.92 Å². The number of benzene rings is 2. The molecule has 5 atom stereocenters. The van der Waals surface area contributed by atoms with Crippen LogP contribution in [0.4, 0.5) is 19.7 Å². The minimum Gasteiger partial charge on any atom is -0.453 e. The Morgan fingerprint density at radius 3 is 2.40 bits per heavy atom. The van der Waals surface area contributed by atoms with Crippen LogP contribution < -0.4 is 10.6 Å². The van der Waals surface area contributed by atoms with Crippen molar-refractivity contribution in [1.82, 2.24) is 14.5 Å². The van der Waals surface area contributed by atoms with Gasteiger partial charge in [-0.15, -0.1) is 0 Å². The molecular formula is C34H46ClFN4O7S. The van der Waals surface area contributed by atoms with Crippen LogP contribution in [0.15, 0.2) is 42.5 Å². The Morgan fingerprint density at radius 2 is 1.77 bits per heavy atom. The van der Waals surface area contributed by atoms with Gasteiger partial charge >= 0.3 is 12.2 Å². The van der Waals surface area contributed by atoms with Gasteiger partial charge in [0.15, 0.2) is 0 Å². The molecule has 0 aliphatic carbocycles. The molecule has 2 N–H and O–H groups in total. The molecule has 2 bridgehead atoms. The van der Waals surface area contributed by atoms with Gasteiger partial charge in [0, 0.05) is 47.4 Å². The second-order valence-corrected chi connectivity index (χ2v) is 16.2. The molecule has 2 aliphatic heterocycles. The van der Waals surface area contributed by atoms with Gasteiger partial charge in [0.25, 0.3) is 0 Å². The highest BCUT2D eigenvalue weighted by atomic mass is 35.5. The molecule has 2 aliphatic rings. The van der Waals surface area contributed by atoms with Crippen LogP contribution in [0.5, 0.6) is 0 Å². The molecule has 264 valence electrons. The number of alkyl carbamates (subject to hydrolysis) is 1. The highest BCUT2D eigenvalue weighted by molar-refractivity contribution is 7.89. The number of sulfonamides is 1. The van der Waals surface area contributed by atoms with Gasteiger partial charge in [-0.1, -0.05) is 43.6 Å². The number of carbonyl (C=O) groups excluding carboxylic acids is 3. The summed E-state index contributed by atoms with van der Waals surface area (Å²) in [6.07, 6.45) is -0.144. The first kappa shape index (κ1) is 37.4. The molecule has 2 heterocycles. The highest BCUT2D eigenvalue weighted by Crippen LogP contribution is 2.33. The predicted molar refractivity (Wildman–Crippen MR) is 182 cm³/mol. The fourth-order valence-electron chi connectivity index (χ4n) is 6.51. The summed E-state index contributed by atoms with van der Waals surface area (Å²) in [5.41, 5.74) is 0.387. The number of piperazine rings is 1. The van der Waals surface area contributed by atoms with Gasteiger partial charge in [0.1, 0.15) is 17.5 Å². The summed E-state index contributed by atoms with van der Waals surface area (Å²) in [6.45, 7) is 9.37. The third-order valence-electron chi connectivity index (χ3n) is 8.75. The number of ether oxygens (including phenoxy) is 2. The van der Waals surface area contributed by atoms with Crippen LogP contribution >= 0.6 is 11.6 Å². The second kappa shape index (κ2) is 15.4. The average molecular weight is 709 g/mol. The number of carbonyl (C=O) groups is 3. The van der Waals surface area contributed by atoms with Gasteiger partial charge in [0.2, 0.25) is 15.9 Å². The third-order valence-corrected chi connectivity index (χ3v) is 11.0. The molecule has 48 heavy (non-hydrogen) atoms. The van der Waals surface area contributed by atoms with Crippen molar-refractivity contribution in [3.05, 3.63) is 64.4 Å². The van der Waals surface area contributed by atoms with E-state index in [1.165, 1.54) is 23.5 Å².